The fourth-order valence-electron chi connectivity index (χ4n) is 4.46. The Morgan fingerprint density at radius 1 is 1.27 bits per heavy atom. The summed E-state index contributed by atoms with van der Waals surface area (Å²) in [4.78, 5) is 38.0. The summed E-state index contributed by atoms with van der Waals surface area (Å²) < 4.78 is 5.69. The summed E-state index contributed by atoms with van der Waals surface area (Å²) in [5.74, 6) is -0.773. The molecule has 2 atom stereocenters. The Bertz CT molecular complexity index is 854. The van der Waals surface area contributed by atoms with E-state index in [1.54, 1.807) is 4.90 Å². The van der Waals surface area contributed by atoms with Crippen LogP contribution in [0.4, 0.5) is 0 Å². The standard InChI is InChI=1S/C22H30N4O4/c1-22(2)25-16(13-30-22)4-3-9-23-11-14-5-6-15-12-26(21(29)17(15)10-14)18-7-8-19(27)24-20(18)28/h5-6,10,16,18,23,25H,3-4,7-9,11-13H2,1-2H3,(H,24,27,28)/t16-,18?/m1/s1. The van der Waals surface area contributed by atoms with E-state index in [2.05, 4.69) is 16.0 Å². The van der Waals surface area contributed by atoms with Crippen LogP contribution in [0.2, 0.25) is 0 Å². The van der Waals surface area contributed by atoms with Gasteiger partial charge in [0.05, 0.1) is 6.61 Å². The molecule has 2 fully saturated rings. The third-order valence-electron chi connectivity index (χ3n) is 6.02. The lowest BCUT2D eigenvalue weighted by Gasteiger charge is -2.29. The van der Waals surface area contributed by atoms with Crippen molar-refractivity contribution in [3.63, 3.8) is 0 Å². The fraction of sp³-hybridized carbons (Fsp3) is 0.591. The van der Waals surface area contributed by atoms with Crippen LogP contribution in [0, 0.1) is 0 Å². The summed E-state index contributed by atoms with van der Waals surface area (Å²) in [6.45, 7) is 6.85. The van der Waals surface area contributed by atoms with Crippen molar-refractivity contribution in [3.8, 4) is 0 Å². The molecule has 0 aliphatic carbocycles. The molecule has 4 rings (SSSR count). The van der Waals surface area contributed by atoms with Gasteiger partial charge in [-0.1, -0.05) is 12.1 Å². The molecule has 8 nitrogen and oxygen atoms in total. The first kappa shape index (κ1) is 21.0. The maximum absolute atomic E-state index is 12.9. The van der Waals surface area contributed by atoms with E-state index in [4.69, 9.17) is 4.74 Å². The third-order valence-corrected chi connectivity index (χ3v) is 6.02. The molecule has 3 amide bonds. The number of carbonyl (C=O) groups is 3. The Labute approximate surface area is 176 Å². The quantitative estimate of drug-likeness (QED) is 0.455. The smallest absolute Gasteiger partial charge is 0.255 e. The maximum atomic E-state index is 12.9. The number of fused-ring (bicyclic) bond motifs is 1. The lowest BCUT2D eigenvalue weighted by molar-refractivity contribution is -0.136. The van der Waals surface area contributed by atoms with Gasteiger partial charge in [0.1, 0.15) is 11.8 Å². The zero-order valence-corrected chi connectivity index (χ0v) is 17.6. The zero-order valence-electron chi connectivity index (χ0n) is 17.6. The normalized spacial score (nSPS) is 25.5. The van der Waals surface area contributed by atoms with Crippen LogP contribution in [0.5, 0.6) is 0 Å². The van der Waals surface area contributed by atoms with Crippen LogP contribution in [0.3, 0.4) is 0 Å². The first-order valence-electron chi connectivity index (χ1n) is 10.7. The molecule has 8 heteroatoms. The van der Waals surface area contributed by atoms with Gasteiger partial charge in [-0.3, -0.25) is 25.0 Å². The fourth-order valence-corrected chi connectivity index (χ4v) is 4.46. The van der Waals surface area contributed by atoms with Crippen molar-refractivity contribution in [1.82, 2.24) is 20.9 Å². The second-order valence-corrected chi connectivity index (χ2v) is 8.87. The number of hydrogen-bond acceptors (Lipinski definition) is 6. The second-order valence-electron chi connectivity index (χ2n) is 8.87. The van der Waals surface area contributed by atoms with Gasteiger partial charge in [0, 0.05) is 31.1 Å². The molecule has 3 aliphatic rings. The number of piperidine rings is 1. The highest BCUT2D eigenvalue weighted by Gasteiger charge is 2.39. The average Bonchev–Trinajstić information content (AvgIpc) is 3.21. The molecule has 0 spiro atoms. The van der Waals surface area contributed by atoms with Gasteiger partial charge in [-0.15, -0.1) is 0 Å². The predicted molar refractivity (Wildman–Crippen MR) is 110 cm³/mol. The highest BCUT2D eigenvalue weighted by Crippen LogP contribution is 2.28. The Kier molecular flexibility index (Phi) is 5.90. The minimum atomic E-state index is -0.567. The van der Waals surface area contributed by atoms with Crippen LogP contribution in [0.15, 0.2) is 18.2 Å². The Morgan fingerprint density at radius 2 is 2.10 bits per heavy atom. The number of benzene rings is 1. The van der Waals surface area contributed by atoms with Crippen molar-refractivity contribution in [2.45, 2.75) is 70.4 Å². The number of nitrogens with one attached hydrogen (secondary N) is 3. The third kappa shape index (κ3) is 4.55. The molecule has 3 heterocycles. The van der Waals surface area contributed by atoms with Gasteiger partial charge in [0.2, 0.25) is 11.8 Å². The maximum Gasteiger partial charge on any atom is 0.255 e. The zero-order chi connectivity index (χ0) is 21.3. The first-order valence-corrected chi connectivity index (χ1v) is 10.7. The summed E-state index contributed by atoms with van der Waals surface area (Å²) in [6, 6.07) is 5.76. The van der Waals surface area contributed by atoms with Crippen molar-refractivity contribution in [3.05, 3.63) is 34.9 Å². The van der Waals surface area contributed by atoms with Gasteiger partial charge >= 0.3 is 0 Å². The highest BCUT2D eigenvalue weighted by atomic mass is 16.5. The van der Waals surface area contributed by atoms with Gasteiger partial charge in [0.25, 0.3) is 5.91 Å². The molecule has 0 saturated carbocycles. The molecule has 1 aromatic carbocycles. The van der Waals surface area contributed by atoms with Gasteiger partial charge in [0.15, 0.2) is 0 Å². The summed E-state index contributed by atoms with van der Waals surface area (Å²) in [5.41, 5.74) is 2.42. The lowest BCUT2D eigenvalue weighted by atomic mass is 10.0. The predicted octanol–water partition coefficient (Wildman–Crippen LogP) is 1.04. The van der Waals surface area contributed by atoms with Crippen LogP contribution in [-0.2, 0) is 27.4 Å². The van der Waals surface area contributed by atoms with Gasteiger partial charge in [-0.2, -0.15) is 0 Å². The van der Waals surface area contributed by atoms with Gasteiger partial charge in [-0.25, -0.2) is 0 Å². The summed E-state index contributed by atoms with van der Waals surface area (Å²) in [6.07, 6.45) is 2.76. The average molecular weight is 415 g/mol. The van der Waals surface area contributed by atoms with Crippen molar-refractivity contribution < 1.29 is 19.1 Å². The molecule has 0 radical (unpaired) electrons. The SMILES string of the molecule is CC1(C)N[C@H](CCCNCc2ccc3c(c2)C(=O)N(C2CCC(=O)NC2=O)C3)CO1. The monoisotopic (exact) mass is 414 g/mol. The summed E-state index contributed by atoms with van der Waals surface area (Å²) in [7, 11) is 0. The molecule has 30 heavy (non-hydrogen) atoms. The molecule has 3 N–H and O–H groups in total. The molecule has 162 valence electrons. The van der Waals surface area contributed by atoms with Crippen LogP contribution < -0.4 is 16.0 Å². The number of ether oxygens (including phenoxy) is 1. The lowest BCUT2D eigenvalue weighted by Crippen LogP contribution is -2.52. The number of imide groups is 1. The molecule has 1 aromatic rings. The van der Waals surface area contributed by atoms with E-state index in [0.717, 1.165) is 37.1 Å². The number of rotatable bonds is 7. The van der Waals surface area contributed by atoms with E-state index in [9.17, 15) is 14.4 Å². The number of amides is 3. The van der Waals surface area contributed by atoms with E-state index in [1.807, 2.05) is 32.0 Å². The number of nitrogens with zero attached hydrogens (tertiary/aromatic N) is 1. The second kappa shape index (κ2) is 8.45. The summed E-state index contributed by atoms with van der Waals surface area (Å²) in [5, 5.41) is 9.25. The molecular weight excluding hydrogens is 384 g/mol. The number of hydrogen-bond donors (Lipinski definition) is 3. The molecule has 2 saturated heterocycles. The molecule has 1 unspecified atom stereocenters. The first-order chi connectivity index (χ1) is 14.3. The van der Waals surface area contributed by atoms with Crippen molar-refractivity contribution in [2.75, 3.05) is 13.2 Å². The highest BCUT2D eigenvalue weighted by molar-refractivity contribution is 6.05. The Balaban J connectivity index is 1.26. The van der Waals surface area contributed by atoms with Gasteiger partial charge < -0.3 is 15.0 Å². The van der Waals surface area contributed by atoms with Crippen LogP contribution in [0.1, 0.15) is 61.0 Å². The van der Waals surface area contributed by atoms with Crippen molar-refractivity contribution in [1.29, 1.82) is 0 Å². The van der Waals surface area contributed by atoms with E-state index in [1.165, 1.54) is 0 Å². The van der Waals surface area contributed by atoms with Crippen LogP contribution >= 0.6 is 0 Å². The van der Waals surface area contributed by atoms with E-state index >= 15 is 0 Å². The van der Waals surface area contributed by atoms with Crippen molar-refractivity contribution in [2.24, 2.45) is 0 Å². The number of carbonyl (C=O) groups excluding carboxylic acids is 3. The van der Waals surface area contributed by atoms with Crippen molar-refractivity contribution >= 4 is 17.7 Å². The van der Waals surface area contributed by atoms with E-state index < -0.39 is 6.04 Å². The van der Waals surface area contributed by atoms with Gasteiger partial charge in [-0.05, 0) is 56.8 Å². The van der Waals surface area contributed by atoms with E-state index in [0.29, 0.717) is 31.1 Å². The Morgan fingerprint density at radius 3 is 2.83 bits per heavy atom. The van der Waals surface area contributed by atoms with Crippen LogP contribution in [-0.4, -0.2) is 53.6 Å². The molecule has 0 aromatic heterocycles. The largest absolute Gasteiger partial charge is 0.360 e. The molecule has 3 aliphatic heterocycles. The van der Waals surface area contributed by atoms with E-state index in [-0.39, 0.29) is 29.9 Å². The minimum absolute atomic E-state index is 0.128. The van der Waals surface area contributed by atoms with Crippen LogP contribution in [0.25, 0.3) is 0 Å². The minimum Gasteiger partial charge on any atom is -0.360 e. The molecular formula is C22H30N4O4. The topological polar surface area (TPSA) is 99.8 Å². The molecule has 0 bridgehead atoms. The summed E-state index contributed by atoms with van der Waals surface area (Å²) >= 11 is 0. The Hall–Kier alpha value is -2.29.